The quantitative estimate of drug-likeness (QED) is 0.808. The summed E-state index contributed by atoms with van der Waals surface area (Å²) in [5.41, 5.74) is 2.94. The van der Waals surface area contributed by atoms with Crippen LogP contribution in [-0.4, -0.2) is 11.7 Å². The second-order valence-corrected chi connectivity index (χ2v) is 9.00. The Balaban J connectivity index is 1.29. The fraction of sp³-hybridized carbons (Fsp3) is 0.500. The Morgan fingerprint density at radius 2 is 1.58 bits per heavy atom. The van der Waals surface area contributed by atoms with E-state index in [9.17, 15) is 5.11 Å². The lowest BCUT2D eigenvalue weighted by Crippen LogP contribution is -2.51. The van der Waals surface area contributed by atoms with Crippen molar-refractivity contribution in [3.63, 3.8) is 0 Å². The highest BCUT2D eigenvalue weighted by molar-refractivity contribution is 5.32. The maximum Gasteiger partial charge on any atom is 0.119 e. The first-order chi connectivity index (χ1) is 12.7. The molecule has 0 heterocycles. The van der Waals surface area contributed by atoms with Crippen LogP contribution in [0.25, 0.3) is 0 Å². The highest BCUT2D eigenvalue weighted by atomic mass is 16.5. The van der Waals surface area contributed by atoms with Crippen molar-refractivity contribution in [2.45, 2.75) is 44.6 Å². The van der Waals surface area contributed by atoms with E-state index < -0.39 is 0 Å². The predicted molar refractivity (Wildman–Crippen MR) is 103 cm³/mol. The van der Waals surface area contributed by atoms with E-state index in [4.69, 9.17) is 4.74 Å². The first-order valence-electron chi connectivity index (χ1n) is 10.1. The number of ether oxygens (including phenoxy) is 1. The van der Waals surface area contributed by atoms with Crippen LogP contribution in [0.3, 0.4) is 0 Å². The third kappa shape index (κ3) is 2.85. The van der Waals surface area contributed by atoms with Gasteiger partial charge in [0.25, 0.3) is 0 Å². The van der Waals surface area contributed by atoms with Crippen molar-refractivity contribution in [2.24, 2.45) is 23.2 Å². The molecule has 0 aromatic heterocycles. The van der Waals surface area contributed by atoms with Gasteiger partial charge in [-0.05, 0) is 84.5 Å². The molecule has 0 saturated heterocycles. The van der Waals surface area contributed by atoms with E-state index >= 15 is 0 Å². The van der Waals surface area contributed by atoms with E-state index in [1.54, 1.807) is 0 Å². The van der Waals surface area contributed by atoms with E-state index in [2.05, 4.69) is 36.4 Å². The molecule has 2 unspecified atom stereocenters. The Morgan fingerprint density at radius 1 is 0.885 bits per heavy atom. The van der Waals surface area contributed by atoms with Crippen molar-refractivity contribution >= 4 is 0 Å². The summed E-state index contributed by atoms with van der Waals surface area (Å²) < 4.78 is 5.95. The van der Waals surface area contributed by atoms with Gasteiger partial charge < -0.3 is 9.84 Å². The molecule has 2 heteroatoms. The lowest BCUT2D eigenvalue weighted by Gasteiger charge is -2.60. The Morgan fingerprint density at radius 3 is 2.23 bits per heavy atom. The summed E-state index contributed by atoms with van der Waals surface area (Å²) >= 11 is 0. The van der Waals surface area contributed by atoms with Crippen LogP contribution in [-0.2, 0) is 6.61 Å². The Hall–Kier alpha value is -1.80. The second kappa shape index (κ2) is 6.42. The van der Waals surface area contributed by atoms with Crippen molar-refractivity contribution in [1.82, 2.24) is 0 Å². The van der Waals surface area contributed by atoms with Crippen molar-refractivity contribution in [2.75, 3.05) is 6.61 Å². The normalized spacial score (nSPS) is 34.8. The van der Waals surface area contributed by atoms with Crippen LogP contribution in [0, 0.1) is 23.2 Å². The van der Waals surface area contributed by atoms with Gasteiger partial charge >= 0.3 is 0 Å². The zero-order valence-corrected chi connectivity index (χ0v) is 15.3. The summed E-state index contributed by atoms with van der Waals surface area (Å²) in [5.74, 6) is 4.04. The average Bonchev–Trinajstić information content (AvgIpc) is 2.67. The van der Waals surface area contributed by atoms with Crippen LogP contribution in [0.4, 0.5) is 0 Å². The summed E-state index contributed by atoms with van der Waals surface area (Å²) in [4.78, 5) is 0. The standard InChI is InChI=1S/C24H28O2/c25-16-24-12-18-10-20(13-24)23(21(11-18)14-24)19-6-8-22(9-7-19)26-15-17-4-2-1-3-5-17/h1-9,18,20-21,23,25H,10-16H2. The number of aliphatic hydroxyl groups excluding tert-OH is 1. The van der Waals surface area contributed by atoms with Gasteiger partial charge in [0.15, 0.2) is 0 Å². The minimum atomic E-state index is 0.256. The number of benzene rings is 2. The summed E-state index contributed by atoms with van der Waals surface area (Å²) in [6.07, 6.45) is 6.47. The Bertz CT molecular complexity index is 736. The van der Waals surface area contributed by atoms with Crippen molar-refractivity contribution in [3.05, 3.63) is 65.7 Å². The molecule has 4 aliphatic rings. The molecule has 0 aliphatic heterocycles. The van der Waals surface area contributed by atoms with Crippen LogP contribution < -0.4 is 4.74 Å². The second-order valence-electron chi connectivity index (χ2n) is 9.00. The molecule has 0 spiro atoms. The van der Waals surface area contributed by atoms with Crippen LogP contribution >= 0.6 is 0 Å². The van der Waals surface area contributed by atoms with Crippen LogP contribution in [0.2, 0.25) is 0 Å². The van der Waals surface area contributed by atoms with Gasteiger partial charge in [0, 0.05) is 6.61 Å². The molecule has 4 bridgehead atoms. The molecule has 2 aromatic rings. The van der Waals surface area contributed by atoms with Gasteiger partial charge in [-0.1, -0.05) is 42.5 Å². The zero-order valence-electron chi connectivity index (χ0n) is 15.3. The summed E-state index contributed by atoms with van der Waals surface area (Å²) in [6.45, 7) is 1.02. The lowest BCUT2D eigenvalue weighted by atomic mass is 9.45. The van der Waals surface area contributed by atoms with Crippen molar-refractivity contribution in [3.8, 4) is 5.75 Å². The van der Waals surface area contributed by atoms with Gasteiger partial charge in [-0.25, -0.2) is 0 Å². The third-order valence-corrected chi connectivity index (χ3v) is 7.25. The molecule has 1 N–H and O–H groups in total. The highest BCUT2D eigenvalue weighted by Crippen LogP contribution is 2.64. The van der Waals surface area contributed by atoms with Crippen LogP contribution in [0.5, 0.6) is 5.75 Å². The van der Waals surface area contributed by atoms with E-state index in [0.717, 1.165) is 23.5 Å². The first kappa shape index (κ1) is 16.4. The van der Waals surface area contributed by atoms with Crippen molar-refractivity contribution in [1.29, 1.82) is 0 Å². The highest BCUT2D eigenvalue weighted by Gasteiger charge is 2.55. The molecule has 4 aliphatic carbocycles. The third-order valence-electron chi connectivity index (χ3n) is 7.25. The molecular formula is C24H28O2. The molecular weight excluding hydrogens is 320 g/mol. The molecule has 26 heavy (non-hydrogen) atoms. The van der Waals surface area contributed by atoms with Gasteiger partial charge in [-0.3, -0.25) is 0 Å². The average molecular weight is 348 g/mol. The zero-order chi connectivity index (χ0) is 17.6. The Kier molecular flexibility index (Phi) is 4.04. The summed E-state index contributed by atoms with van der Waals surface area (Å²) in [7, 11) is 0. The minimum absolute atomic E-state index is 0.256. The van der Waals surface area contributed by atoms with Gasteiger partial charge in [-0.2, -0.15) is 0 Å². The largest absolute Gasteiger partial charge is 0.489 e. The lowest BCUT2D eigenvalue weighted by molar-refractivity contribution is -0.0936. The van der Waals surface area contributed by atoms with Gasteiger partial charge in [-0.15, -0.1) is 0 Å². The smallest absolute Gasteiger partial charge is 0.119 e. The molecule has 0 radical (unpaired) electrons. The van der Waals surface area contributed by atoms with E-state index in [-0.39, 0.29) is 5.41 Å². The van der Waals surface area contributed by atoms with Gasteiger partial charge in [0.1, 0.15) is 12.4 Å². The summed E-state index contributed by atoms with van der Waals surface area (Å²) in [6, 6.07) is 19.2. The molecule has 0 amide bonds. The van der Waals surface area contributed by atoms with Gasteiger partial charge in [0.2, 0.25) is 0 Å². The Labute approximate surface area is 156 Å². The van der Waals surface area contributed by atoms with Crippen molar-refractivity contribution < 1.29 is 9.84 Å². The maximum atomic E-state index is 9.96. The molecule has 4 saturated carbocycles. The molecule has 136 valence electrons. The number of rotatable bonds is 5. The number of hydrogen-bond donors (Lipinski definition) is 1. The summed E-state index contributed by atoms with van der Waals surface area (Å²) in [5, 5.41) is 9.96. The fourth-order valence-corrected chi connectivity index (χ4v) is 6.46. The number of hydrogen-bond acceptors (Lipinski definition) is 2. The minimum Gasteiger partial charge on any atom is -0.489 e. The predicted octanol–water partition coefficient (Wildman–Crippen LogP) is 5.17. The molecule has 2 aromatic carbocycles. The monoisotopic (exact) mass is 348 g/mol. The molecule has 6 rings (SSSR count). The van der Waals surface area contributed by atoms with E-state index in [1.807, 2.05) is 18.2 Å². The van der Waals surface area contributed by atoms with Crippen LogP contribution in [0.1, 0.15) is 49.1 Å². The molecule has 2 atom stereocenters. The van der Waals surface area contributed by atoms with E-state index in [1.165, 1.54) is 43.2 Å². The first-order valence-corrected chi connectivity index (χ1v) is 10.1. The van der Waals surface area contributed by atoms with Gasteiger partial charge in [0.05, 0.1) is 0 Å². The molecule has 4 fully saturated rings. The molecule has 2 nitrogen and oxygen atoms in total. The van der Waals surface area contributed by atoms with Crippen LogP contribution in [0.15, 0.2) is 54.6 Å². The fourth-order valence-electron chi connectivity index (χ4n) is 6.46. The number of aliphatic hydroxyl groups is 1. The topological polar surface area (TPSA) is 29.5 Å². The van der Waals surface area contributed by atoms with E-state index in [0.29, 0.717) is 19.1 Å². The maximum absolute atomic E-state index is 9.96. The SMILES string of the molecule is OCC12CC3CC(C1)C(c1ccc(OCc4ccccc4)cc1)C(C3)C2.